The zero-order chi connectivity index (χ0) is 16.9. The first-order chi connectivity index (χ1) is 11.7. The van der Waals surface area contributed by atoms with E-state index in [4.69, 9.17) is 17.0 Å². The van der Waals surface area contributed by atoms with E-state index in [-0.39, 0.29) is 0 Å². The van der Waals surface area contributed by atoms with Crippen molar-refractivity contribution in [1.29, 1.82) is 5.26 Å². The summed E-state index contributed by atoms with van der Waals surface area (Å²) in [6, 6.07) is 15.7. The smallest absolute Gasteiger partial charge is 0.308 e. The maximum atomic E-state index is 12.1. The maximum Gasteiger partial charge on any atom is 0.323 e. The van der Waals surface area contributed by atoms with Crippen LogP contribution in [0.3, 0.4) is 0 Å². The van der Waals surface area contributed by atoms with Gasteiger partial charge in [-0.05, 0) is 30.3 Å². The first-order valence-corrected chi connectivity index (χ1v) is 7.66. The van der Waals surface area contributed by atoms with E-state index in [1.165, 1.54) is 0 Å². The molecule has 2 N–H and O–H groups in total. The Morgan fingerprint density at radius 1 is 1.17 bits per heavy atom. The number of benzene rings is 2. The summed E-state index contributed by atoms with van der Waals surface area (Å²) in [7, 11) is 0. The van der Waals surface area contributed by atoms with Crippen LogP contribution in [0.25, 0.3) is 0 Å². The van der Waals surface area contributed by atoms with Crippen molar-refractivity contribution in [2.75, 3.05) is 23.7 Å². The van der Waals surface area contributed by atoms with Crippen LogP contribution in [0, 0.1) is 11.3 Å². The van der Waals surface area contributed by atoms with Crippen LogP contribution in [0.4, 0.5) is 16.2 Å². The van der Waals surface area contributed by atoms with Crippen molar-refractivity contribution in [3.8, 4) is 6.07 Å². The Bertz CT molecular complexity index is 843. The van der Waals surface area contributed by atoms with Gasteiger partial charge in [0.1, 0.15) is 5.84 Å². The number of amides is 2. The molecule has 6 nitrogen and oxygen atoms in total. The number of nitrogens with zero attached hydrogens (tertiary/aromatic N) is 3. The zero-order valence-electron chi connectivity index (χ0n) is 12.7. The molecule has 1 aliphatic rings. The SMILES string of the molecule is N#Cc1cccc(NC(=O)Nc2cccc(C3=NCCN3Cl)c2)c1. The van der Waals surface area contributed by atoms with Crippen LogP contribution in [0.5, 0.6) is 0 Å². The summed E-state index contributed by atoms with van der Waals surface area (Å²) >= 11 is 6.08. The van der Waals surface area contributed by atoms with E-state index in [1.54, 1.807) is 34.8 Å². The van der Waals surface area contributed by atoms with Crippen molar-refractivity contribution in [3.63, 3.8) is 0 Å². The number of nitriles is 1. The van der Waals surface area contributed by atoms with Crippen molar-refractivity contribution in [2.24, 2.45) is 4.99 Å². The van der Waals surface area contributed by atoms with E-state index in [0.717, 1.165) is 5.56 Å². The second kappa shape index (κ2) is 7.02. The lowest BCUT2D eigenvalue weighted by molar-refractivity contribution is 0.262. The molecule has 24 heavy (non-hydrogen) atoms. The number of rotatable bonds is 3. The number of amidine groups is 1. The van der Waals surface area contributed by atoms with Crippen LogP contribution in [-0.2, 0) is 0 Å². The third-order valence-corrected chi connectivity index (χ3v) is 3.75. The number of urea groups is 1. The molecular formula is C17H14ClN5O. The minimum absolute atomic E-state index is 0.390. The second-order valence-electron chi connectivity index (χ2n) is 5.14. The van der Waals surface area contributed by atoms with Crippen molar-refractivity contribution in [3.05, 3.63) is 59.7 Å². The molecule has 0 fully saturated rings. The fraction of sp³-hybridized carbons (Fsp3) is 0.118. The molecule has 3 rings (SSSR count). The van der Waals surface area contributed by atoms with Crippen LogP contribution in [0.2, 0.25) is 0 Å². The van der Waals surface area contributed by atoms with Gasteiger partial charge in [0.25, 0.3) is 0 Å². The number of aliphatic imine (C=N–C) groups is 1. The number of hydrogen-bond acceptors (Lipinski definition) is 4. The third kappa shape index (κ3) is 3.65. The second-order valence-corrected chi connectivity index (χ2v) is 5.55. The van der Waals surface area contributed by atoms with Gasteiger partial charge in [-0.1, -0.05) is 18.2 Å². The largest absolute Gasteiger partial charge is 0.323 e. The van der Waals surface area contributed by atoms with Gasteiger partial charge in [-0.3, -0.25) is 9.41 Å². The summed E-state index contributed by atoms with van der Waals surface area (Å²) in [4.78, 5) is 16.5. The predicted octanol–water partition coefficient (Wildman–Crippen LogP) is 3.42. The molecule has 2 aromatic rings. The molecule has 1 aliphatic heterocycles. The van der Waals surface area contributed by atoms with Crippen LogP contribution < -0.4 is 10.6 Å². The number of anilines is 2. The standard InChI is InChI=1S/C17H14ClN5O/c18-23-8-7-20-16(23)13-4-2-6-15(10-13)22-17(24)21-14-5-1-3-12(9-14)11-19/h1-6,9-10H,7-8H2,(H2,21,22,24). The molecule has 1 heterocycles. The van der Waals surface area contributed by atoms with E-state index in [0.29, 0.717) is 35.9 Å². The van der Waals surface area contributed by atoms with Crippen LogP contribution in [0.1, 0.15) is 11.1 Å². The van der Waals surface area contributed by atoms with Gasteiger partial charge in [0.05, 0.1) is 24.7 Å². The summed E-state index contributed by atoms with van der Waals surface area (Å²) in [6.07, 6.45) is 0. The van der Waals surface area contributed by atoms with Gasteiger partial charge in [-0.15, -0.1) is 0 Å². The molecular weight excluding hydrogens is 326 g/mol. The lowest BCUT2D eigenvalue weighted by atomic mass is 10.2. The molecule has 0 unspecified atom stereocenters. The van der Waals surface area contributed by atoms with Gasteiger partial charge in [-0.25, -0.2) is 4.79 Å². The number of halogens is 1. The highest BCUT2D eigenvalue weighted by atomic mass is 35.5. The summed E-state index contributed by atoms with van der Waals surface area (Å²) in [5.41, 5.74) is 2.50. The van der Waals surface area contributed by atoms with Gasteiger partial charge < -0.3 is 10.6 Å². The molecule has 0 atom stereocenters. The van der Waals surface area contributed by atoms with E-state index < -0.39 is 6.03 Å². The van der Waals surface area contributed by atoms with Gasteiger partial charge in [0.2, 0.25) is 0 Å². The quantitative estimate of drug-likeness (QED) is 0.841. The van der Waals surface area contributed by atoms with Crippen molar-refractivity contribution in [1.82, 2.24) is 4.42 Å². The predicted molar refractivity (Wildman–Crippen MR) is 94.2 cm³/mol. The number of nitrogens with one attached hydrogen (secondary N) is 2. The summed E-state index contributed by atoms with van der Waals surface area (Å²) in [5.74, 6) is 0.697. The molecule has 0 saturated carbocycles. The van der Waals surface area contributed by atoms with E-state index in [9.17, 15) is 4.79 Å². The molecule has 0 radical (unpaired) electrons. The highest BCUT2D eigenvalue weighted by molar-refractivity contribution is 6.26. The highest BCUT2D eigenvalue weighted by Crippen LogP contribution is 2.18. The maximum absolute atomic E-state index is 12.1. The lowest BCUT2D eigenvalue weighted by Crippen LogP contribution is -2.21. The van der Waals surface area contributed by atoms with E-state index >= 15 is 0 Å². The Morgan fingerprint density at radius 2 is 1.88 bits per heavy atom. The Labute approximate surface area is 144 Å². The Kier molecular flexibility index (Phi) is 4.64. The Morgan fingerprint density at radius 3 is 2.54 bits per heavy atom. The molecule has 7 heteroatoms. The van der Waals surface area contributed by atoms with Crippen molar-refractivity contribution >= 4 is 35.0 Å². The summed E-state index contributed by atoms with van der Waals surface area (Å²) in [5, 5.41) is 14.3. The summed E-state index contributed by atoms with van der Waals surface area (Å²) < 4.78 is 1.56. The molecule has 2 aromatic carbocycles. The van der Waals surface area contributed by atoms with Crippen molar-refractivity contribution in [2.45, 2.75) is 0 Å². The van der Waals surface area contributed by atoms with Crippen LogP contribution in [0.15, 0.2) is 53.5 Å². The molecule has 2 amide bonds. The van der Waals surface area contributed by atoms with Gasteiger partial charge in [-0.2, -0.15) is 5.26 Å². The van der Waals surface area contributed by atoms with Gasteiger partial charge in [0.15, 0.2) is 0 Å². The molecule has 0 aromatic heterocycles. The molecule has 0 bridgehead atoms. The topological polar surface area (TPSA) is 80.5 Å². The van der Waals surface area contributed by atoms with Crippen molar-refractivity contribution < 1.29 is 4.79 Å². The minimum atomic E-state index is -0.390. The first kappa shape index (κ1) is 15.8. The Balaban J connectivity index is 1.69. The van der Waals surface area contributed by atoms with Crippen LogP contribution in [-0.4, -0.2) is 29.4 Å². The Hall–Kier alpha value is -3.04. The fourth-order valence-electron chi connectivity index (χ4n) is 2.35. The third-order valence-electron chi connectivity index (χ3n) is 3.42. The zero-order valence-corrected chi connectivity index (χ0v) is 13.4. The van der Waals surface area contributed by atoms with E-state index in [2.05, 4.69) is 15.6 Å². The first-order valence-electron chi connectivity index (χ1n) is 7.32. The normalized spacial score (nSPS) is 13.2. The number of carbonyl (C=O) groups is 1. The average molecular weight is 340 g/mol. The van der Waals surface area contributed by atoms with Crippen LogP contribution >= 0.6 is 11.8 Å². The highest BCUT2D eigenvalue weighted by Gasteiger charge is 2.17. The lowest BCUT2D eigenvalue weighted by Gasteiger charge is -2.12. The van der Waals surface area contributed by atoms with Gasteiger partial charge in [0, 0.05) is 28.7 Å². The fourth-order valence-corrected chi connectivity index (χ4v) is 2.58. The monoisotopic (exact) mass is 339 g/mol. The minimum Gasteiger partial charge on any atom is -0.308 e. The van der Waals surface area contributed by atoms with E-state index in [1.807, 2.05) is 24.3 Å². The molecule has 0 saturated heterocycles. The molecule has 120 valence electrons. The molecule has 0 aliphatic carbocycles. The summed E-state index contributed by atoms with van der Waals surface area (Å²) in [6.45, 7) is 1.33. The average Bonchev–Trinajstić information content (AvgIpc) is 3.01. The van der Waals surface area contributed by atoms with Gasteiger partial charge >= 0.3 is 6.03 Å². The number of carbonyl (C=O) groups excluding carboxylic acids is 1. The molecule has 0 spiro atoms. The number of hydrogen-bond donors (Lipinski definition) is 2.